The zero-order chi connectivity index (χ0) is 29.3. The lowest BCUT2D eigenvalue weighted by molar-refractivity contribution is -0.137. The fourth-order valence-electron chi connectivity index (χ4n) is 4.88. The van der Waals surface area contributed by atoms with E-state index in [1.54, 1.807) is 19.1 Å². The first-order chi connectivity index (χ1) is 19.0. The summed E-state index contributed by atoms with van der Waals surface area (Å²) in [5, 5.41) is 0. The van der Waals surface area contributed by atoms with Gasteiger partial charge in [-0.05, 0) is 72.8 Å². The Balaban J connectivity index is 1.68. The summed E-state index contributed by atoms with van der Waals surface area (Å²) in [4.78, 5) is 24.7. The van der Waals surface area contributed by atoms with E-state index >= 15 is 0 Å². The Morgan fingerprint density at radius 1 is 0.950 bits per heavy atom. The maximum atomic E-state index is 12.4. The van der Waals surface area contributed by atoms with Crippen LogP contribution in [-0.4, -0.2) is 29.6 Å². The molecule has 1 aliphatic carbocycles. The number of rotatable bonds is 12. The molecule has 1 saturated carbocycles. The van der Waals surface area contributed by atoms with Crippen LogP contribution in [0.5, 0.6) is 11.5 Å². The third-order valence-electron chi connectivity index (χ3n) is 7.35. The van der Waals surface area contributed by atoms with Crippen LogP contribution < -0.4 is 9.47 Å². The predicted molar refractivity (Wildman–Crippen MR) is 158 cm³/mol. The highest BCUT2D eigenvalue weighted by molar-refractivity contribution is 7.80. The van der Waals surface area contributed by atoms with Gasteiger partial charge in [0.25, 0.3) is 0 Å². The third kappa shape index (κ3) is 9.91. The highest BCUT2D eigenvalue weighted by atomic mass is 32.1. The second kappa shape index (κ2) is 15.0. The van der Waals surface area contributed by atoms with Gasteiger partial charge in [0.1, 0.15) is 11.5 Å². The lowest BCUT2D eigenvalue weighted by Crippen LogP contribution is -2.19. The molecule has 4 nitrogen and oxygen atoms in total. The first-order valence-corrected chi connectivity index (χ1v) is 14.9. The van der Waals surface area contributed by atoms with Crippen molar-refractivity contribution >= 4 is 37.2 Å². The topological polar surface area (TPSA) is 52.6 Å². The van der Waals surface area contributed by atoms with Crippen LogP contribution in [0.25, 0.3) is 11.1 Å². The Hall–Kier alpha value is -2.39. The number of unbranched alkanes of at least 4 members (excludes halogenated alkanes) is 1. The van der Waals surface area contributed by atoms with Crippen molar-refractivity contribution in [1.29, 1.82) is 0 Å². The van der Waals surface area contributed by atoms with Gasteiger partial charge in [-0.1, -0.05) is 50.6 Å². The Morgan fingerprint density at radius 2 is 1.57 bits per heavy atom. The molecule has 0 heterocycles. The highest BCUT2D eigenvalue weighted by Crippen LogP contribution is 2.39. The molecule has 0 saturated heterocycles. The van der Waals surface area contributed by atoms with Crippen LogP contribution in [0, 0.1) is 11.8 Å². The van der Waals surface area contributed by atoms with Crippen molar-refractivity contribution in [2.24, 2.45) is 11.8 Å². The molecule has 0 N–H and O–H groups in total. The van der Waals surface area contributed by atoms with Gasteiger partial charge in [0, 0.05) is 29.6 Å². The zero-order valence-corrected chi connectivity index (χ0v) is 24.5. The first kappa shape index (κ1) is 32.1. The average molecular weight is 595 g/mol. The fourth-order valence-corrected chi connectivity index (χ4v) is 5.16. The fraction of sp³-hybridized carbons (Fsp3) is 0.484. The largest absolute Gasteiger partial charge is 0.426 e. The normalized spacial score (nSPS) is 18.1. The number of esters is 2. The van der Waals surface area contributed by atoms with Gasteiger partial charge in [-0.2, -0.15) is 38.4 Å². The molecule has 40 heavy (non-hydrogen) atoms. The SMILES string of the molecule is C=C(CS)C(=O)Oc1cc(OC(=O)C(C)CS)cc(-c2ccc(C3CCC(CCCCC(F)(F)F)CC3)cc2)c1. The molecule has 2 aromatic rings. The Bertz CT molecular complexity index is 1160. The molecule has 0 radical (unpaired) electrons. The van der Waals surface area contributed by atoms with Crippen LogP contribution in [0.15, 0.2) is 54.6 Å². The lowest BCUT2D eigenvalue weighted by Gasteiger charge is -2.29. The van der Waals surface area contributed by atoms with Gasteiger partial charge in [0.15, 0.2) is 0 Å². The number of carbonyl (C=O) groups is 2. The molecular weight excluding hydrogens is 557 g/mol. The van der Waals surface area contributed by atoms with Crippen LogP contribution in [0.3, 0.4) is 0 Å². The van der Waals surface area contributed by atoms with Gasteiger partial charge in [0.2, 0.25) is 0 Å². The molecule has 218 valence electrons. The molecule has 1 unspecified atom stereocenters. The summed E-state index contributed by atoms with van der Waals surface area (Å²) < 4.78 is 48.1. The quantitative estimate of drug-likeness (QED) is 0.0850. The van der Waals surface area contributed by atoms with E-state index in [2.05, 4.69) is 44.0 Å². The number of ether oxygens (including phenoxy) is 2. The van der Waals surface area contributed by atoms with Crippen molar-refractivity contribution in [2.45, 2.75) is 70.4 Å². The predicted octanol–water partition coefficient (Wildman–Crippen LogP) is 8.61. The third-order valence-corrected chi connectivity index (χ3v) is 8.28. The molecule has 3 rings (SSSR count). The number of halogens is 3. The van der Waals surface area contributed by atoms with E-state index in [1.807, 2.05) is 12.1 Å². The second-order valence-corrected chi connectivity index (χ2v) is 11.2. The van der Waals surface area contributed by atoms with Crippen molar-refractivity contribution < 1.29 is 32.2 Å². The first-order valence-electron chi connectivity index (χ1n) is 13.6. The van der Waals surface area contributed by atoms with E-state index in [4.69, 9.17) is 9.47 Å². The van der Waals surface area contributed by atoms with E-state index in [9.17, 15) is 22.8 Å². The monoisotopic (exact) mass is 594 g/mol. The second-order valence-electron chi connectivity index (χ2n) is 10.5. The van der Waals surface area contributed by atoms with Crippen molar-refractivity contribution in [2.75, 3.05) is 11.5 Å². The summed E-state index contributed by atoms with van der Waals surface area (Å²) in [6.45, 7) is 5.37. The minimum atomic E-state index is -4.06. The van der Waals surface area contributed by atoms with Crippen molar-refractivity contribution in [3.05, 3.63) is 60.2 Å². The van der Waals surface area contributed by atoms with Crippen LogP contribution in [-0.2, 0) is 9.59 Å². The molecule has 1 atom stereocenters. The summed E-state index contributed by atoms with van der Waals surface area (Å²) >= 11 is 8.23. The van der Waals surface area contributed by atoms with Crippen LogP contribution in [0.1, 0.15) is 69.8 Å². The summed E-state index contributed by atoms with van der Waals surface area (Å²) in [5.41, 5.74) is 3.02. The van der Waals surface area contributed by atoms with E-state index in [1.165, 1.54) is 11.6 Å². The number of hydrogen-bond donors (Lipinski definition) is 2. The highest BCUT2D eigenvalue weighted by Gasteiger charge is 2.27. The molecule has 2 aromatic carbocycles. The number of alkyl halides is 3. The minimum absolute atomic E-state index is 0.154. The Morgan fingerprint density at radius 3 is 2.15 bits per heavy atom. The number of benzene rings is 2. The van der Waals surface area contributed by atoms with Gasteiger partial charge in [-0.3, -0.25) is 4.79 Å². The number of thiol groups is 2. The van der Waals surface area contributed by atoms with Gasteiger partial charge < -0.3 is 9.47 Å². The van der Waals surface area contributed by atoms with Gasteiger partial charge >= 0.3 is 18.1 Å². The van der Waals surface area contributed by atoms with Crippen molar-refractivity contribution in [3.8, 4) is 22.6 Å². The maximum Gasteiger partial charge on any atom is 0.389 e. The molecule has 1 fully saturated rings. The molecule has 9 heteroatoms. The van der Waals surface area contributed by atoms with E-state index < -0.39 is 30.5 Å². The summed E-state index contributed by atoms with van der Waals surface area (Å²) in [6, 6.07) is 13.1. The molecular formula is C31H37F3O4S2. The van der Waals surface area contributed by atoms with Crippen LogP contribution in [0.4, 0.5) is 13.2 Å². The standard InChI is InChI=1S/C31H37F3O4S2/c1-20(18-39)29(35)37-27-15-26(16-28(17-27)38-30(36)21(2)19-40)25-12-10-24(11-13-25)23-8-6-22(7-9-23)5-3-4-14-31(32,33)34/h10-13,15-17,21-23,39-40H,1,3-9,14,18-19H2,2H3. The van der Waals surface area contributed by atoms with Crippen molar-refractivity contribution in [1.82, 2.24) is 0 Å². The summed E-state index contributed by atoms with van der Waals surface area (Å²) in [6.07, 6.45) is 1.06. The summed E-state index contributed by atoms with van der Waals surface area (Å²) in [5.74, 6) is 0.437. The zero-order valence-electron chi connectivity index (χ0n) is 22.7. The Kier molecular flexibility index (Phi) is 12.1. The average Bonchev–Trinajstić information content (AvgIpc) is 2.94. The molecule has 0 amide bonds. The number of carbonyl (C=O) groups excluding carboxylic acids is 2. The molecule has 0 bridgehead atoms. The van der Waals surface area contributed by atoms with Crippen LogP contribution in [0.2, 0.25) is 0 Å². The minimum Gasteiger partial charge on any atom is -0.426 e. The molecule has 1 aliphatic rings. The van der Waals surface area contributed by atoms with E-state index in [0.29, 0.717) is 24.0 Å². The van der Waals surface area contributed by atoms with Crippen molar-refractivity contribution in [3.63, 3.8) is 0 Å². The smallest absolute Gasteiger partial charge is 0.389 e. The van der Waals surface area contributed by atoms with Gasteiger partial charge in [-0.25, -0.2) is 4.79 Å². The Labute approximate surface area is 245 Å². The molecule has 0 aromatic heterocycles. The van der Waals surface area contributed by atoms with Crippen LogP contribution >= 0.6 is 25.3 Å². The maximum absolute atomic E-state index is 12.4. The summed E-state index contributed by atoms with van der Waals surface area (Å²) in [7, 11) is 0. The van der Waals surface area contributed by atoms with Gasteiger partial charge in [0.05, 0.1) is 5.92 Å². The molecule has 0 aliphatic heterocycles. The lowest BCUT2D eigenvalue weighted by atomic mass is 9.77. The number of hydrogen-bond acceptors (Lipinski definition) is 6. The van der Waals surface area contributed by atoms with E-state index in [-0.39, 0.29) is 29.2 Å². The van der Waals surface area contributed by atoms with Gasteiger partial charge in [-0.15, -0.1) is 0 Å². The van der Waals surface area contributed by atoms with E-state index in [0.717, 1.165) is 43.2 Å². The molecule has 0 spiro atoms.